The average Bonchev–Trinajstić information content (AvgIpc) is 2.47. The van der Waals surface area contributed by atoms with Crippen molar-refractivity contribution in [3.63, 3.8) is 0 Å². The summed E-state index contributed by atoms with van der Waals surface area (Å²) in [6, 6.07) is 5.13. The lowest BCUT2D eigenvalue weighted by molar-refractivity contribution is -0.384. The first-order valence-corrected chi connectivity index (χ1v) is 7.67. The topological polar surface area (TPSA) is 64.4 Å². The van der Waals surface area contributed by atoms with E-state index in [0.29, 0.717) is 11.4 Å². The molecule has 5 nitrogen and oxygen atoms in total. The van der Waals surface area contributed by atoms with Gasteiger partial charge in [-0.25, -0.2) is 0 Å². The Balaban J connectivity index is 2.55. The number of hydrogen-bond donors (Lipinski definition) is 1. The van der Waals surface area contributed by atoms with Gasteiger partial charge in [-0.3, -0.25) is 10.1 Å². The first kappa shape index (κ1) is 17.3. The monoisotopic (exact) mass is 294 g/mol. The van der Waals surface area contributed by atoms with Crippen molar-refractivity contribution in [1.82, 2.24) is 0 Å². The summed E-state index contributed by atoms with van der Waals surface area (Å²) in [6.07, 6.45) is 7.19. The van der Waals surface area contributed by atoms with Gasteiger partial charge in [-0.1, -0.05) is 39.0 Å². The molecule has 1 unspecified atom stereocenters. The smallest absolute Gasteiger partial charge is 0.296 e. The predicted octanol–water partition coefficient (Wildman–Crippen LogP) is 4.76. The summed E-state index contributed by atoms with van der Waals surface area (Å²) in [5.41, 5.74) is 0.619. The van der Waals surface area contributed by atoms with Crippen LogP contribution < -0.4 is 10.1 Å². The van der Waals surface area contributed by atoms with E-state index in [2.05, 4.69) is 19.2 Å². The molecular formula is C16H26N2O3. The van der Waals surface area contributed by atoms with Crippen molar-refractivity contribution >= 4 is 11.4 Å². The molecule has 0 fully saturated rings. The molecule has 21 heavy (non-hydrogen) atoms. The minimum absolute atomic E-state index is 0.0622. The minimum atomic E-state index is -0.376. The van der Waals surface area contributed by atoms with Crippen molar-refractivity contribution in [2.45, 2.75) is 58.4 Å². The van der Waals surface area contributed by atoms with Gasteiger partial charge in [0.05, 0.1) is 18.1 Å². The van der Waals surface area contributed by atoms with E-state index < -0.39 is 0 Å². The fourth-order valence-corrected chi connectivity index (χ4v) is 2.30. The molecule has 1 atom stereocenters. The average molecular weight is 294 g/mol. The van der Waals surface area contributed by atoms with E-state index in [4.69, 9.17) is 4.74 Å². The lowest BCUT2D eigenvalue weighted by Gasteiger charge is -2.15. The first-order chi connectivity index (χ1) is 10.1. The Morgan fingerprint density at radius 1 is 1.29 bits per heavy atom. The summed E-state index contributed by atoms with van der Waals surface area (Å²) in [6.45, 7) is 4.26. The second-order valence-electron chi connectivity index (χ2n) is 5.39. The molecule has 118 valence electrons. The molecule has 1 aromatic rings. The van der Waals surface area contributed by atoms with Gasteiger partial charge in [0.25, 0.3) is 5.69 Å². The number of nitro groups is 1. The first-order valence-electron chi connectivity index (χ1n) is 7.67. The van der Waals surface area contributed by atoms with Gasteiger partial charge in [0.1, 0.15) is 11.4 Å². The maximum absolute atomic E-state index is 11.1. The molecule has 1 N–H and O–H groups in total. The highest BCUT2D eigenvalue weighted by Gasteiger charge is 2.16. The van der Waals surface area contributed by atoms with Crippen LogP contribution in [-0.2, 0) is 0 Å². The normalized spacial score (nSPS) is 12.0. The molecule has 0 aliphatic heterocycles. The van der Waals surface area contributed by atoms with Crippen LogP contribution in [0.5, 0.6) is 5.75 Å². The molecular weight excluding hydrogens is 268 g/mol. The zero-order chi connectivity index (χ0) is 15.7. The molecule has 0 amide bonds. The van der Waals surface area contributed by atoms with Gasteiger partial charge >= 0.3 is 0 Å². The number of benzene rings is 1. The Morgan fingerprint density at radius 2 is 2.00 bits per heavy atom. The number of ether oxygens (including phenoxy) is 1. The van der Waals surface area contributed by atoms with Crippen LogP contribution in [0.4, 0.5) is 11.4 Å². The SMILES string of the molecule is CCCCCCCC(C)Nc1ccc(OC)cc1[N+](=O)[O-]. The van der Waals surface area contributed by atoms with E-state index in [0.717, 1.165) is 12.8 Å². The molecule has 0 bridgehead atoms. The Morgan fingerprint density at radius 3 is 2.62 bits per heavy atom. The number of unbranched alkanes of at least 4 members (excludes halogenated alkanes) is 4. The third-order valence-electron chi connectivity index (χ3n) is 3.54. The number of hydrogen-bond acceptors (Lipinski definition) is 4. The number of nitro benzene ring substituents is 1. The Bertz CT molecular complexity index is 449. The number of nitrogens with zero attached hydrogens (tertiary/aromatic N) is 1. The van der Waals surface area contributed by atoms with Crippen molar-refractivity contribution in [3.05, 3.63) is 28.3 Å². The summed E-state index contributed by atoms with van der Waals surface area (Å²) in [5.74, 6) is 0.500. The second-order valence-corrected chi connectivity index (χ2v) is 5.39. The van der Waals surface area contributed by atoms with E-state index in [9.17, 15) is 10.1 Å². The van der Waals surface area contributed by atoms with Crippen LogP contribution in [0.2, 0.25) is 0 Å². The van der Waals surface area contributed by atoms with Crippen molar-refractivity contribution in [3.8, 4) is 5.75 Å². The lowest BCUT2D eigenvalue weighted by atomic mass is 10.1. The molecule has 0 saturated carbocycles. The van der Waals surface area contributed by atoms with Gasteiger partial charge in [-0.05, 0) is 25.5 Å². The van der Waals surface area contributed by atoms with Crippen molar-refractivity contribution in [2.24, 2.45) is 0 Å². The highest BCUT2D eigenvalue weighted by atomic mass is 16.6. The van der Waals surface area contributed by atoms with Gasteiger partial charge in [0, 0.05) is 6.04 Å². The fraction of sp³-hybridized carbons (Fsp3) is 0.625. The van der Waals surface area contributed by atoms with Crippen LogP contribution >= 0.6 is 0 Å². The van der Waals surface area contributed by atoms with Gasteiger partial charge in [-0.2, -0.15) is 0 Å². The molecule has 0 heterocycles. The molecule has 0 spiro atoms. The van der Waals surface area contributed by atoms with Crippen molar-refractivity contribution in [2.75, 3.05) is 12.4 Å². The van der Waals surface area contributed by atoms with Gasteiger partial charge in [0.2, 0.25) is 0 Å². The van der Waals surface area contributed by atoms with E-state index in [1.54, 1.807) is 12.1 Å². The quantitative estimate of drug-likeness (QED) is 0.384. The highest BCUT2D eigenvalue weighted by Crippen LogP contribution is 2.29. The maximum Gasteiger partial charge on any atom is 0.296 e. The van der Waals surface area contributed by atoms with E-state index >= 15 is 0 Å². The highest BCUT2D eigenvalue weighted by molar-refractivity contribution is 5.64. The third kappa shape index (κ3) is 6.02. The van der Waals surface area contributed by atoms with E-state index in [-0.39, 0.29) is 16.7 Å². The number of nitrogens with one attached hydrogen (secondary N) is 1. The van der Waals surface area contributed by atoms with Crippen LogP contribution in [0.3, 0.4) is 0 Å². The Labute approximate surface area is 126 Å². The van der Waals surface area contributed by atoms with E-state index in [1.165, 1.54) is 38.9 Å². The maximum atomic E-state index is 11.1. The number of methoxy groups -OCH3 is 1. The molecule has 0 radical (unpaired) electrons. The van der Waals surface area contributed by atoms with Gasteiger partial charge in [0.15, 0.2) is 0 Å². The lowest BCUT2D eigenvalue weighted by Crippen LogP contribution is -2.15. The standard InChI is InChI=1S/C16H26N2O3/c1-4-5-6-7-8-9-13(2)17-15-11-10-14(21-3)12-16(15)18(19)20/h10-13,17H,4-9H2,1-3H3. The Kier molecular flexibility index (Phi) is 7.58. The van der Waals surface area contributed by atoms with E-state index in [1.807, 2.05) is 0 Å². The summed E-state index contributed by atoms with van der Waals surface area (Å²) >= 11 is 0. The second kappa shape index (κ2) is 9.21. The van der Waals surface area contributed by atoms with Crippen LogP contribution in [0.25, 0.3) is 0 Å². The van der Waals surface area contributed by atoms with Crippen LogP contribution in [0.15, 0.2) is 18.2 Å². The van der Waals surface area contributed by atoms with Crippen LogP contribution in [0.1, 0.15) is 52.4 Å². The third-order valence-corrected chi connectivity index (χ3v) is 3.54. The van der Waals surface area contributed by atoms with Crippen molar-refractivity contribution < 1.29 is 9.66 Å². The van der Waals surface area contributed by atoms with Gasteiger partial charge < -0.3 is 10.1 Å². The molecule has 0 aliphatic carbocycles. The Hall–Kier alpha value is -1.78. The zero-order valence-electron chi connectivity index (χ0n) is 13.2. The largest absolute Gasteiger partial charge is 0.496 e. The minimum Gasteiger partial charge on any atom is -0.496 e. The predicted molar refractivity (Wildman–Crippen MR) is 86.1 cm³/mol. The molecule has 0 aromatic heterocycles. The number of anilines is 1. The summed E-state index contributed by atoms with van der Waals surface area (Å²) in [7, 11) is 1.51. The van der Waals surface area contributed by atoms with Gasteiger partial charge in [-0.15, -0.1) is 0 Å². The molecule has 0 saturated heterocycles. The number of rotatable bonds is 10. The van der Waals surface area contributed by atoms with Crippen LogP contribution in [-0.4, -0.2) is 18.1 Å². The fourth-order valence-electron chi connectivity index (χ4n) is 2.30. The van der Waals surface area contributed by atoms with Crippen molar-refractivity contribution in [1.29, 1.82) is 0 Å². The molecule has 0 aliphatic rings. The molecule has 5 heteroatoms. The summed E-state index contributed by atoms with van der Waals surface area (Å²) < 4.78 is 5.04. The molecule has 1 aromatic carbocycles. The summed E-state index contributed by atoms with van der Waals surface area (Å²) in [4.78, 5) is 10.7. The zero-order valence-corrected chi connectivity index (χ0v) is 13.2. The molecule has 1 rings (SSSR count). The van der Waals surface area contributed by atoms with Crippen LogP contribution in [0, 0.1) is 10.1 Å². The summed E-state index contributed by atoms with van der Waals surface area (Å²) in [5, 5.41) is 14.4.